The number of hydrogen-bond donors (Lipinski definition) is 1. The average Bonchev–Trinajstić information content (AvgIpc) is 3.25. The number of benzene rings is 1. The van der Waals surface area contributed by atoms with E-state index in [1.54, 1.807) is 0 Å². The number of carbonyl (C=O) groups excluding carboxylic acids is 1. The van der Waals surface area contributed by atoms with Crippen molar-refractivity contribution in [1.82, 2.24) is 0 Å². The van der Waals surface area contributed by atoms with Crippen LogP contribution in [0, 0.1) is 11.8 Å². The summed E-state index contributed by atoms with van der Waals surface area (Å²) >= 11 is 0. The Bertz CT molecular complexity index is 594. The highest BCUT2D eigenvalue weighted by molar-refractivity contribution is 5.93. The number of fused-ring (bicyclic) bond motifs is 3. The van der Waals surface area contributed by atoms with Crippen LogP contribution < -0.4 is 5.32 Å². The zero-order valence-corrected chi connectivity index (χ0v) is 13.7. The second-order valence-corrected chi connectivity index (χ2v) is 6.95. The van der Waals surface area contributed by atoms with E-state index in [1.807, 2.05) is 19.1 Å². The molecule has 0 bridgehead atoms. The summed E-state index contributed by atoms with van der Waals surface area (Å²) in [6, 6.07) is 6.37. The standard InChI is InChI=1S/C19H25NO3/c1-2-22-19(21)13-8-5-9-15-16(13)18-14(10-11-23-18)17(20-15)12-6-3-4-7-12/h5,8-9,12,14,17-18,20H,2-4,6-7,10-11H2,1H3/t14-,17+,18-/m0/s1. The third-order valence-corrected chi connectivity index (χ3v) is 5.71. The molecule has 0 unspecified atom stereocenters. The van der Waals surface area contributed by atoms with Crippen molar-refractivity contribution in [1.29, 1.82) is 0 Å². The molecule has 0 aromatic heterocycles. The Hall–Kier alpha value is -1.55. The predicted molar refractivity (Wildman–Crippen MR) is 88.6 cm³/mol. The van der Waals surface area contributed by atoms with Gasteiger partial charge in [-0.25, -0.2) is 4.79 Å². The summed E-state index contributed by atoms with van der Waals surface area (Å²) in [5.74, 6) is 0.976. The Morgan fingerprint density at radius 2 is 2.13 bits per heavy atom. The smallest absolute Gasteiger partial charge is 0.338 e. The van der Waals surface area contributed by atoms with Gasteiger partial charge in [0.15, 0.2) is 0 Å². The average molecular weight is 315 g/mol. The van der Waals surface area contributed by atoms with E-state index in [1.165, 1.54) is 25.7 Å². The van der Waals surface area contributed by atoms with E-state index >= 15 is 0 Å². The van der Waals surface area contributed by atoms with Crippen LogP contribution in [0.3, 0.4) is 0 Å². The number of carbonyl (C=O) groups is 1. The first-order valence-corrected chi connectivity index (χ1v) is 8.97. The number of nitrogens with one attached hydrogen (secondary N) is 1. The first-order chi connectivity index (χ1) is 11.3. The third-order valence-electron chi connectivity index (χ3n) is 5.71. The maximum absolute atomic E-state index is 12.3. The van der Waals surface area contributed by atoms with E-state index in [0.717, 1.165) is 30.2 Å². The van der Waals surface area contributed by atoms with E-state index < -0.39 is 0 Å². The summed E-state index contributed by atoms with van der Waals surface area (Å²) < 4.78 is 11.3. The van der Waals surface area contributed by atoms with E-state index in [2.05, 4.69) is 11.4 Å². The number of anilines is 1. The van der Waals surface area contributed by atoms with E-state index in [4.69, 9.17) is 9.47 Å². The van der Waals surface area contributed by atoms with Crippen LogP contribution in [-0.4, -0.2) is 25.2 Å². The molecule has 2 fully saturated rings. The predicted octanol–water partition coefficient (Wildman–Crippen LogP) is 3.93. The fourth-order valence-corrected chi connectivity index (χ4v) is 4.73. The maximum atomic E-state index is 12.3. The molecule has 0 amide bonds. The van der Waals surface area contributed by atoms with Crippen molar-refractivity contribution in [2.24, 2.45) is 11.8 Å². The van der Waals surface area contributed by atoms with Gasteiger partial charge >= 0.3 is 5.97 Å². The molecule has 1 saturated carbocycles. The SMILES string of the molecule is CCOC(=O)c1cccc2c1[C@H]1OCC[C@H]1[C@@H](C1CCCC1)N2. The Morgan fingerprint density at radius 3 is 2.91 bits per heavy atom. The van der Waals surface area contributed by atoms with Crippen LogP contribution in [0.25, 0.3) is 0 Å². The van der Waals surface area contributed by atoms with Gasteiger partial charge in [0.2, 0.25) is 0 Å². The fourth-order valence-electron chi connectivity index (χ4n) is 4.73. The molecule has 3 aliphatic rings. The lowest BCUT2D eigenvalue weighted by Crippen LogP contribution is -2.41. The van der Waals surface area contributed by atoms with Crippen LogP contribution in [0.15, 0.2) is 18.2 Å². The lowest BCUT2D eigenvalue weighted by atomic mass is 9.76. The summed E-state index contributed by atoms with van der Waals surface area (Å²) in [6.45, 7) is 3.03. The number of rotatable bonds is 3. The molecule has 0 spiro atoms. The molecule has 4 nitrogen and oxygen atoms in total. The van der Waals surface area contributed by atoms with Gasteiger partial charge in [0.25, 0.3) is 0 Å². The van der Waals surface area contributed by atoms with Crippen molar-refractivity contribution >= 4 is 11.7 Å². The molecule has 2 heterocycles. The van der Waals surface area contributed by atoms with Crippen LogP contribution in [-0.2, 0) is 9.47 Å². The monoisotopic (exact) mass is 315 g/mol. The second kappa shape index (κ2) is 6.16. The molecule has 1 saturated heterocycles. The Labute approximate surface area is 137 Å². The second-order valence-electron chi connectivity index (χ2n) is 6.95. The van der Waals surface area contributed by atoms with Crippen LogP contribution in [0.5, 0.6) is 0 Å². The largest absolute Gasteiger partial charge is 0.462 e. The molecule has 1 aliphatic carbocycles. The summed E-state index contributed by atoms with van der Waals surface area (Å²) in [6.07, 6.45) is 6.43. The zero-order chi connectivity index (χ0) is 15.8. The molecule has 0 radical (unpaired) electrons. The molecule has 2 aliphatic heterocycles. The van der Waals surface area contributed by atoms with Gasteiger partial charge < -0.3 is 14.8 Å². The quantitative estimate of drug-likeness (QED) is 0.859. The first-order valence-electron chi connectivity index (χ1n) is 8.97. The summed E-state index contributed by atoms with van der Waals surface area (Å²) in [4.78, 5) is 12.3. The molecule has 1 aromatic rings. The van der Waals surface area contributed by atoms with E-state index in [0.29, 0.717) is 24.1 Å². The number of ether oxygens (including phenoxy) is 2. The topological polar surface area (TPSA) is 47.6 Å². The lowest BCUT2D eigenvalue weighted by Gasteiger charge is -2.40. The molecule has 1 aromatic carbocycles. The van der Waals surface area contributed by atoms with Gasteiger partial charge in [0, 0.05) is 29.8 Å². The van der Waals surface area contributed by atoms with Gasteiger partial charge in [-0.05, 0) is 44.2 Å². The van der Waals surface area contributed by atoms with Crippen molar-refractivity contribution in [3.63, 3.8) is 0 Å². The highest BCUT2D eigenvalue weighted by Crippen LogP contribution is 2.49. The number of esters is 1. The molecular formula is C19H25NO3. The molecule has 4 heteroatoms. The van der Waals surface area contributed by atoms with Crippen molar-refractivity contribution < 1.29 is 14.3 Å². The summed E-state index contributed by atoms with van der Waals surface area (Å²) in [7, 11) is 0. The van der Waals surface area contributed by atoms with Crippen molar-refractivity contribution in [3.8, 4) is 0 Å². The Balaban J connectivity index is 1.72. The van der Waals surface area contributed by atoms with Gasteiger partial charge in [-0.3, -0.25) is 0 Å². The third kappa shape index (κ3) is 2.53. The molecule has 3 atom stereocenters. The fraction of sp³-hybridized carbons (Fsp3) is 0.632. The minimum atomic E-state index is -0.236. The molecular weight excluding hydrogens is 290 g/mol. The van der Waals surface area contributed by atoms with Crippen molar-refractivity contribution in [2.45, 2.75) is 51.2 Å². The van der Waals surface area contributed by atoms with Crippen LogP contribution in [0.2, 0.25) is 0 Å². The molecule has 23 heavy (non-hydrogen) atoms. The number of hydrogen-bond acceptors (Lipinski definition) is 4. The molecule has 4 rings (SSSR count). The van der Waals surface area contributed by atoms with E-state index in [-0.39, 0.29) is 12.1 Å². The van der Waals surface area contributed by atoms with Crippen LogP contribution in [0.1, 0.15) is 61.1 Å². The van der Waals surface area contributed by atoms with Crippen LogP contribution in [0.4, 0.5) is 5.69 Å². The van der Waals surface area contributed by atoms with Gasteiger partial charge in [0.1, 0.15) is 0 Å². The molecule has 124 valence electrons. The Morgan fingerprint density at radius 1 is 1.30 bits per heavy atom. The van der Waals surface area contributed by atoms with Gasteiger partial charge in [-0.1, -0.05) is 18.9 Å². The first kappa shape index (κ1) is 15.0. The maximum Gasteiger partial charge on any atom is 0.338 e. The highest BCUT2D eigenvalue weighted by atomic mass is 16.5. The minimum absolute atomic E-state index is 0.0393. The van der Waals surface area contributed by atoms with Crippen molar-refractivity contribution in [2.75, 3.05) is 18.5 Å². The Kier molecular flexibility index (Phi) is 4.02. The lowest BCUT2D eigenvalue weighted by molar-refractivity contribution is 0.0497. The van der Waals surface area contributed by atoms with Crippen LogP contribution >= 0.6 is 0 Å². The summed E-state index contributed by atoms with van der Waals surface area (Å²) in [5.41, 5.74) is 2.75. The minimum Gasteiger partial charge on any atom is -0.462 e. The van der Waals surface area contributed by atoms with Gasteiger partial charge in [-0.2, -0.15) is 0 Å². The van der Waals surface area contributed by atoms with Gasteiger partial charge in [0.05, 0.1) is 18.3 Å². The normalized spacial score (nSPS) is 29.7. The zero-order valence-electron chi connectivity index (χ0n) is 13.7. The summed E-state index contributed by atoms with van der Waals surface area (Å²) in [5, 5.41) is 3.76. The molecule has 1 N–H and O–H groups in total. The van der Waals surface area contributed by atoms with Crippen molar-refractivity contribution in [3.05, 3.63) is 29.3 Å². The van der Waals surface area contributed by atoms with Gasteiger partial charge in [-0.15, -0.1) is 0 Å². The highest BCUT2D eigenvalue weighted by Gasteiger charge is 2.45. The van der Waals surface area contributed by atoms with E-state index in [9.17, 15) is 4.79 Å².